The molecule has 2 fully saturated rings. The first-order chi connectivity index (χ1) is 11.2. The van der Waals surface area contributed by atoms with E-state index >= 15 is 0 Å². The molecule has 2 aliphatic rings. The summed E-state index contributed by atoms with van der Waals surface area (Å²) >= 11 is 0. The Bertz CT molecular complexity index is 745. The van der Waals surface area contributed by atoms with Crippen LogP contribution in [0.2, 0.25) is 0 Å². The minimum Gasteiger partial charge on any atom is -0.337 e. The zero-order valence-electron chi connectivity index (χ0n) is 13.0. The van der Waals surface area contributed by atoms with Crippen LogP contribution in [-0.4, -0.2) is 41.3 Å². The van der Waals surface area contributed by atoms with Crippen molar-refractivity contribution < 1.29 is 27.4 Å². The van der Waals surface area contributed by atoms with E-state index in [4.69, 9.17) is 9.47 Å². The van der Waals surface area contributed by atoms with Crippen LogP contribution in [0, 0.1) is 10.1 Å². The molecule has 1 saturated carbocycles. The number of hydrogen-bond acceptors (Lipinski definition) is 6. The van der Waals surface area contributed by atoms with Crippen molar-refractivity contribution in [2.24, 2.45) is 0 Å². The second-order valence-corrected chi connectivity index (χ2v) is 7.45. The van der Waals surface area contributed by atoms with Crippen LogP contribution in [0.1, 0.15) is 37.4 Å². The Morgan fingerprint density at radius 1 is 1.29 bits per heavy atom. The molecular formula is C14H18N2O7S. The van der Waals surface area contributed by atoms with Gasteiger partial charge in [0.2, 0.25) is 0 Å². The molecule has 1 aliphatic carbocycles. The van der Waals surface area contributed by atoms with Gasteiger partial charge in [0.05, 0.1) is 10.5 Å². The van der Waals surface area contributed by atoms with E-state index in [-0.39, 0.29) is 11.3 Å². The first-order valence-electron chi connectivity index (χ1n) is 7.53. The molecule has 1 heterocycles. The molecule has 1 saturated heterocycles. The quantitative estimate of drug-likeness (QED) is 0.497. The van der Waals surface area contributed by atoms with Crippen LogP contribution in [0.15, 0.2) is 24.3 Å². The average Bonchev–Trinajstić information content (AvgIpc) is 3.13. The van der Waals surface area contributed by atoms with Crippen LogP contribution < -0.4 is 0 Å². The number of para-hydroxylation sites is 1. The van der Waals surface area contributed by atoms with E-state index in [1.165, 1.54) is 18.2 Å². The molecule has 0 radical (unpaired) electrons. The zero-order valence-corrected chi connectivity index (χ0v) is 13.8. The first-order valence-corrected chi connectivity index (χ1v) is 8.93. The molecule has 24 heavy (non-hydrogen) atoms. The van der Waals surface area contributed by atoms with Crippen LogP contribution >= 0.6 is 0 Å². The maximum Gasteiger partial charge on any atom is 0.337 e. The lowest BCUT2D eigenvalue weighted by Crippen LogP contribution is -2.40. The highest BCUT2D eigenvalue weighted by Gasteiger charge is 2.53. The van der Waals surface area contributed by atoms with Gasteiger partial charge in [-0.3, -0.25) is 14.7 Å². The summed E-state index contributed by atoms with van der Waals surface area (Å²) in [7, 11) is -3.40. The lowest BCUT2D eigenvalue weighted by atomic mass is 10.1. The summed E-state index contributed by atoms with van der Waals surface area (Å²) in [5.41, 5.74) is 0.0293. The van der Waals surface area contributed by atoms with Crippen molar-refractivity contribution in [1.82, 2.24) is 4.31 Å². The van der Waals surface area contributed by atoms with Gasteiger partial charge in [-0.05, 0) is 18.9 Å². The van der Waals surface area contributed by atoms with Gasteiger partial charge < -0.3 is 9.47 Å². The third kappa shape index (κ3) is 3.03. The fourth-order valence-corrected chi connectivity index (χ4v) is 3.67. The second-order valence-electron chi connectivity index (χ2n) is 5.97. The Labute approximate surface area is 139 Å². The van der Waals surface area contributed by atoms with E-state index in [0.717, 1.165) is 19.9 Å². The van der Waals surface area contributed by atoms with Crippen LogP contribution in [0.4, 0.5) is 5.69 Å². The maximum absolute atomic E-state index is 11.5. The van der Waals surface area contributed by atoms with E-state index in [1.54, 1.807) is 6.07 Å². The first kappa shape index (κ1) is 17.2. The van der Waals surface area contributed by atoms with Gasteiger partial charge in [0.15, 0.2) is 12.0 Å². The summed E-state index contributed by atoms with van der Waals surface area (Å²) in [5.74, 6) is -0.974. The van der Waals surface area contributed by atoms with Crippen molar-refractivity contribution >= 4 is 16.0 Å². The minimum absolute atomic E-state index is 0.185. The maximum atomic E-state index is 11.5. The molecule has 132 valence electrons. The summed E-state index contributed by atoms with van der Waals surface area (Å²) in [4.78, 5) is 10.7. The fourth-order valence-electron chi connectivity index (χ4n) is 3.26. The Kier molecular flexibility index (Phi) is 4.34. The molecule has 1 N–H and O–H groups in total. The van der Waals surface area contributed by atoms with Crippen LogP contribution in [-0.2, 0) is 19.8 Å². The highest BCUT2D eigenvalue weighted by Crippen LogP contribution is 2.49. The highest BCUT2D eigenvalue weighted by molar-refractivity contribution is 7.83. The van der Waals surface area contributed by atoms with E-state index < -0.39 is 33.3 Å². The number of rotatable bonds is 4. The van der Waals surface area contributed by atoms with E-state index in [9.17, 15) is 23.1 Å². The molecule has 1 spiro atoms. The molecule has 3 rings (SSSR count). The average molecular weight is 358 g/mol. The van der Waals surface area contributed by atoms with Gasteiger partial charge >= 0.3 is 10.3 Å². The molecule has 0 bridgehead atoms. The molecule has 9 nitrogen and oxygen atoms in total. The van der Waals surface area contributed by atoms with Gasteiger partial charge in [-0.2, -0.15) is 12.7 Å². The number of ether oxygens (including phenoxy) is 2. The summed E-state index contributed by atoms with van der Waals surface area (Å²) in [5, 5.41) is 11.3. The molecule has 1 aliphatic heterocycles. The molecule has 2 unspecified atom stereocenters. The van der Waals surface area contributed by atoms with Gasteiger partial charge in [-0.15, -0.1) is 0 Å². The largest absolute Gasteiger partial charge is 0.337 e. The summed E-state index contributed by atoms with van der Waals surface area (Å²) in [6.07, 6.45) is 0.661. The number of likely N-dealkylation sites (N-methyl/N-ethyl adjacent to an activating group) is 1. The lowest BCUT2D eigenvalue weighted by molar-refractivity contribution is -0.386. The van der Waals surface area contributed by atoms with Crippen molar-refractivity contribution in [3.8, 4) is 0 Å². The van der Waals surface area contributed by atoms with Gasteiger partial charge in [-0.1, -0.05) is 12.1 Å². The van der Waals surface area contributed by atoms with Gasteiger partial charge in [-0.25, -0.2) is 0 Å². The van der Waals surface area contributed by atoms with Crippen molar-refractivity contribution in [3.05, 3.63) is 39.9 Å². The third-order valence-corrected chi connectivity index (χ3v) is 5.40. The highest BCUT2D eigenvalue weighted by atomic mass is 32.2. The second kappa shape index (κ2) is 6.05. The predicted octanol–water partition coefficient (Wildman–Crippen LogP) is 2.01. The SMILES string of the molecule is CN(C1OC2(CCCC2)OC1c1ccccc1[N+](=O)[O-])S(=O)(=O)O. The minimum atomic E-state index is -4.55. The van der Waals surface area contributed by atoms with E-state index in [0.29, 0.717) is 17.1 Å². The van der Waals surface area contributed by atoms with Crippen molar-refractivity contribution in [2.45, 2.75) is 43.8 Å². The summed E-state index contributed by atoms with van der Waals surface area (Å²) < 4.78 is 44.9. The summed E-state index contributed by atoms with van der Waals surface area (Å²) in [6.45, 7) is 0. The Morgan fingerprint density at radius 3 is 2.50 bits per heavy atom. The fraction of sp³-hybridized carbons (Fsp3) is 0.571. The van der Waals surface area contributed by atoms with E-state index in [1.807, 2.05) is 0 Å². The van der Waals surface area contributed by atoms with Crippen LogP contribution in [0.5, 0.6) is 0 Å². The number of nitrogens with zero attached hydrogens (tertiary/aromatic N) is 2. The molecule has 0 amide bonds. The standard InChI is InChI=1S/C14H18N2O7S/c1-15(24(19,20)21)13-12(22-14(23-13)8-4-5-9-14)10-6-2-3-7-11(10)16(17)18/h2-3,6-7,12-13H,4-5,8-9H2,1H3,(H,19,20,21). The topological polar surface area (TPSA) is 119 Å². The number of nitro benzene ring substituents is 1. The van der Waals surface area contributed by atoms with Crippen molar-refractivity contribution in [1.29, 1.82) is 0 Å². The monoisotopic (exact) mass is 358 g/mol. The Balaban J connectivity index is 2.04. The van der Waals surface area contributed by atoms with E-state index in [2.05, 4.69) is 0 Å². The normalized spacial score (nSPS) is 26.3. The molecule has 2 atom stereocenters. The number of nitro groups is 1. The van der Waals surface area contributed by atoms with Gasteiger partial charge in [0.25, 0.3) is 5.69 Å². The van der Waals surface area contributed by atoms with Crippen LogP contribution in [0.25, 0.3) is 0 Å². The molecule has 1 aromatic rings. The predicted molar refractivity (Wildman–Crippen MR) is 82.3 cm³/mol. The third-order valence-electron chi connectivity index (χ3n) is 4.46. The zero-order chi connectivity index (χ0) is 17.5. The smallest absolute Gasteiger partial charge is 0.337 e. The Hall–Kier alpha value is -1.59. The molecular weight excluding hydrogens is 340 g/mol. The van der Waals surface area contributed by atoms with Gasteiger partial charge in [0, 0.05) is 26.0 Å². The van der Waals surface area contributed by atoms with Gasteiger partial charge in [0.1, 0.15) is 6.10 Å². The number of benzene rings is 1. The number of hydrogen-bond donors (Lipinski definition) is 1. The lowest BCUT2D eigenvalue weighted by Gasteiger charge is -2.24. The summed E-state index contributed by atoms with van der Waals surface area (Å²) in [6, 6.07) is 5.95. The molecule has 10 heteroatoms. The molecule has 1 aromatic carbocycles. The molecule has 0 aromatic heterocycles. The van der Waals surface area contributed by atoms with Crippen molar-refractivity contribution in [3.63, 3.8) is 0 Å². The van der Waals surface area contributed by atoms with Crippen molar-refractivity contribution in [2.75, 3.05) is 7.05 Å². The Morgan fingerprint density at radius 2 is 1.92 bits per heavy atom. The van der Waals surface area contributed by atoms with Crippen LogP contribution in [0.3, 0.4) is 0 Å².